The first-order valence-corrected chi connectivity index (χ1v) is 7.56. The van der Waals surface area contributed by atoms with Crippen molar-refractivity contribution in [2.24, 2.45) is 0 Å². The Bertz CT molecular complexity index is 395. The number of hydrogen-bond donors (Lipinski definition) is 1. The molecule has 0 aliphatic rings. The summed E-state index contributed by atoms with van der Waals surface area (Å²) in [5.41, 5.74) is -0.319. The van der Waals surface area contributed by atoms with Gasteiger partial charge in [0.25, 0.3) is 0 Å². The number of halogens is 4. The van der Waals surface area contributed by atoms with Crippen LogP contribution in [-0.2, 0) is 0 Å². The molecule has 6 heteroatoms. The molecule has 1 aromatic carbocycles. The Morgan fingerprint density at radius 2 is 1.25 bits per heavy atom. The van der Waals surface area contributed by atoms with Crippen LogP contribution in [0.1, 0.15) is 20.8 Å². The van der Waals surface area contributed by atoms with Gasteiger partial charge in [0.1, 0.15) is 11.4 Å². The van der Waals surface area contributed by atoms with E-state index in [-0.39, 0.29) is 11.4 Å². The Hall–Kier alpha value is 0.740. The van der Waals surface area contributed by atoms with E-state index in [1.165, 1.54) is 0 Å². The molecule has 90 valence electrons. The predicted molar refractivity (Wildman–Crippen MR) is 79.3 cm³/mol. The highest BCUT2D eigenvalue weighted by molar-refractivity contribution is 9.14. The Morgan fingerprint density at radius 3 is 1.56 bits per heavy atom. The van der Waals surface area contributed by atoms with Gasteiger partial charge in [0.05, 0.1) is 17.9 Å². The molecule has 16 heavy (non-hydrogen) atoms. The highest BCUT2D eigenvalue weighted by Gasteiger charge is 2.23. The molecule has 0 saturated carbocycles. The monoisotopic (exact) mass is 478 g/mol. The third-order valence-electron chi connectivity index (χ3n) is 1.61. The molecule has 0 aliphatic carbocycles. The van der Waals surface area contributed by atoms with Crippen LogP contribution in [0.25, 0.3) is 0 Å². The van der Waals surface area contributed by atoms with Crippen LogP contribution in [0.2, 0.25) is 0 Å². The molecule has 0 aromatic heterocycles. The number of rotatable bonds is 1. The second kappa shape index (κ2) is 5.16. The Kier molecular flexibility index (Phi) is 4.77. The normalized spacial score (nSPS) is 11.7. The van der Waals surface area contributed by atoms with Gasteiger partial charge in [-0.3, -0.25) is 0 Å². The summed E-state index contributed by atoms with van der Waals surface area (Å²) in [6, 6.07) is 0. The molecule has 0 saturated heterocycles. The lowest BCUT2D eigenvalue weighted by atomic mass is 10.2. The molecular formula is C10H10Br4O2. The van der Waals surface area contributed by atoms with Crippen LogP contribution in [-0.4, -0.2) is 10.7 Å². The first kappa shape index (κ1) is 14.8. The van der Waals surface area contributed by atoms with E-state index in [1.54, 1.807) is 0 Å². The molecule has 1 aromatic rings. The molecule has 0 spiro atoms. The van der Waals surface area contributed by atoms with E-state index in [0.717, 1.165) is 0 Å². The second-order valence-corrected chi connectivity index (χ2v) is 7.32. The quantitative estimate of drug-likeness (QED) is 0.528. The van der Waals surface area contributed by atoms with E-state index in [1.807, 2.05) is 20.8 Å². The third-order valence-corrected chi connectivity index (χ3v) is 5.73. The Labute approximate surface area is 128 Å². The Balaban J connectivity index is 3.40. The molecule has 0 unspecified atom stereocenters. The van der Waals surface area contributed by atoms with Gasteiger partial charge in [0.2, 0.25) is 0 Å². The fraction of sp³-hybridized carbons (Fsp3) is 0.400. The summed E-state index contributed by atoms with van der Waals surface area (Å²) in [5, 5.41) is 9.78. The van der Waals surface area contributed by atoms with Gasteiger partial charge in [-0.2, -0.15) is 0 Å². The van der Waals surface area contributed by atoms with Gasteiger partial charge in [0.15, 0.2) is 5.75 Å². The van der Waals surface area contributed by atoms with Gasteiger partial charge >= 0.3 is 0 Å². The average molecular weight is 482 g/mol. The fourth-order valence-electron chi connectivity index (χ4n) is 0.996. The molecule has 2 nitrogen and oxygen atoms in total. The van der Waals surface area contributed by atoms with Crippen molar-refractivity contribution in [1.82, 2.24) is 0 Å². The number of phenols is 1. The minimum atomic E-state index is -0.319. The van der Waals surface area contributed by atoms with Gasteiger partial charge in [0, 0.05) is 0 Å². The maximum Gasteiger partial charge on any atom is 0.151 e. The van der Waals surface area contributed by atoms with Crippen LogP contribution in [0.15, 0.2) is 17.9 Å². The zero-order valence-electron chi connectivity index (χ0n) is 8.87. The zero-order chi connectivity index (χ0) is 12.7. The van der Waals surface area contributed by atoms with Gasteiger partial charge in [-0.1, -0.05) is 0 Å². The molecule has 0 radical (unpaired) electrons. The van der Waals surface area contributed by atoms with E-state index >= 15 is 0 Å². The van der Waals surface area contributed by atoms with Crippen molar-refractivity contribution < 1.29 is 9.84 Å². The van der Waals surface area contributed by atoms with Crippen molar-refractivity contribution in [3.05, 3.63) is 17.9 Å². The summed E-state index contributed by atoms with van der Waals surface area (Å²) >= 11 is 13.4. The highest BCUT2D eigenvalue weighted by Crippen LogP contribution is 2.50. The van der Waals surface area contributed by atoms with E-state index < -0.39 is 0 Å². The predicted octanol–water partition coefficient (Wildman–Crippen LogP) is 5.62. The summed E-state index contributed by atoms with van der Waals surface area (Å²) < 4.78 is 8.28. The van der Waals surface area contributed by atoms with E-state index in [2.05, 4.69) is 63.7 Å². The fourth-order valence-corrected chi connectivity index (χ4v) is 3.22. The van der Waals surface area contributed by atoms with Gasteiger partial charge in [-0.05, 0) is 84.5 Å². The number of hydrogen-bond acceptors (Lipinski definition) is 2. The zero-order valence-corrected chi connectivity index (χ0v) is 15.2. The van der Waals surface area contributed by atoms with Crippen LogP contribution < -0.4 is 4.74 Å². The largest absolute Gasteiger partial charge is 0.505 e. The summed E-state index contributed by atoms with van der Waals surface area (Å²) in [5.74, 6) is 0.768. The number of phenolic OH excluding ortho intramolecular Hbond substituents is 1. The maximum absolute atomic E-state index is 9.78. The molecular weight excluding hydrogens is 472 g/mol. The van der Waals surface area contributed by atoms with Crippen LogP contribution >= 0.6 is 63.7 Å². The van der Waals surface area contributed by atoms with Gasteiger partial charge in [-0.25, -0.2) is 0 Å². The lowest BCUT2D eigenvalue weighted by Crippen LogP contribution is -2.23. The van der Waals surface area contributed by atoms with Crippen molar-refractivity contribution in [1.29, 1.82) is 0 Å². The molecule has 1 N–H and O–H groups in total. The lowest BCUT2D eigenvalue weighted by Gasteiger charge is -2.24. The van der Waals surface area contributed by atoms with Crippen LogP contribution in [0.5, 0.6) is 11.5 Å². The SMILES string of the molecule is CC(C)(C)Oc1c(Br)c(Br)c(O)c(Br)c1Br. The van der Waals surface area contributed by atoms with Crippen molar-refractivity contribution in [2.45, 2.75) is 26.4 Å². The van der Waals surface area contributed by atoms with E-state index in [0.29, 0.717) is 23.6 Å². The minimum absolute atomic E-state index is 0.125. The van der Waals surface area contributed by atoms with Crippen molar-refractivity contribution in [2.75, 3.05) is 0 Å². The van der Waals surface area contributed by atoms with Gasteiger partial charge < -0.3 is 9.84 Å². The molecule has 0 fully saturated rings. The lowest BCUT2D eigenvalue weighted by molar-refractivity contribution is 0.128. The van der Waals surface area contributed by atoms with Crippen molar-refractivity contribution >= 4 is 63.7 Å². The first-order valence-electron chi connectivity index (χ1n) is 4.39. The van der Waals surface area contributed by atoms with Crippen LogP contribution in [0.4, 0.5) is 0 Å². The molecule has 0 aliphatic heterocycles. The second-order valence-electron chi connectivity index (χ2n) is 4.15. The van der Waals surface area contributed by atoms with E-state index in [9.17, 15) is 5.11 Å². The number of benzene rings is 1. The molecule has 0 heterocycles. The molecule has 0 amide bonds. The van der Waals surface area contributed by atoms with Crippen molar-refractivity contribution in [3.63, 3.8) is 0 Å². The third kappa shape index (κ3) is 3.15. The number of ether oxygens (including phenoxy) is 1. The highest BCUT2D eigenvalue weighted by atomic mass is 79.9. The first-order chi connectivity index (χ1) is 7.15. The number of aromatic hydroxyl groups is 1. The summed E-state index contributed by atoms with van der Waals surface area (Å²) in [6.45, 7) is 5.88. The molecule has 0 atom stereocenters. The molecule has 0 bridgehead atoms. The average Bonchev–Trinajstić information content (AvgIpc) is 2.17. The molecule has 1 rings (SSSR count). The summed E-state index contributed by atoms with van der Waals surface area (Å²) in [6.07, 6.45) is 0. The Morgan fingerprint density at radius 1 is 0.875 bits per heavy atom. The summed E-state index contributed by atoms with van der Waals surface area (Å²) in [7, 11) is 0. The van der Waals surface area contributed by atoms with Crippen molar-refractivity contribution in [3.8, 4) is 11.5 Å². The van der Waals surface area contributed by atoms with Crippen LogP contribution in [0.3, 0.4) is 0 Å². The van der Waals surface area contributed by atoms with Crippen LogP contribution in [0, 0.1) is 0 Å². The topological polar surface area (TPSA) is 29.5 Å². The smallest absolute Gasteiger partial charge is 0.151 e. The maximum atomic E-state index is 9.78. The van der Waals surface area contributed by atoms with Gasteiger partial charge in [-0.15, -0.1) is 0 Å². The summed E-state index contributed by atoms with van der Waals surface area (Å²) in [4.78, 5) is 0. The van der Waals surface area contributed by atoms with E-state index in [4.69, 9.17) is 4.74 Å². The minimum Gasteiger partial charge on any atom is -0.505 e. The standard InChI is InChI=1S/C10H10Br4O2/c1-10(2,3)16-9-6(13)4(11)8(15)5(12)7(9)14/h15H,1-3H3.